The molecule has 0 bridgehead atoms. The summed E-state index contributed by atoms with van der Waals surface area (Å²) >= 11 is 16.6. The first-order chi connectivity index (χ1) is 19.4. The topological polar surface area (TPSA) is 80.2 Å². The van der Waals surface area contributed by atoms with Crippen LogP contribution in [0.2, 0.25) is 10.0 Å². The number of nitrogens with one attached hydrogen (secondary N) is 1. The van der Waals surface area contributed by atoms with Crippen molar-refractivity contribution in [1.29, 1.82) is 0 Å². The minimum atomic E-state index is -1.33. The number of hydrogen-bond acceptors (Lipinski definition) is 5. The minimum absolute atomic E-state index is 0.0670. The molecule has 0 aromatic heterocycles. The smallest absolute Gasteiger partial charge is 0.252 e. The second-order valence-electron chi connectivity index (χ2n) is 9.69. The molecule has 0 aliphatic carbocycles. The fourth-order valence-corrected chi connectivity index (χ4v) is 5.57. The van der Waals surface area contributed by atoms with E-state index in [4.69, 9.17) is 42.8 Å². The van der Waals surface area contributed by atoms with Crippen LogP contribution in [0.15, 0.2) is 76.2 Å². The standard InChI is InChI=1S/C31H33BrCl2N2O4/c1-2-3-6-16-35-30(38)31(20-22-8-4-5-9-26(22)32)28(25-15-12-23(33)19-27(25)34)40-29(36-31)21-10-13-24(14-11-21)39-18-7-17-37/h4-5,8-15,19,28,37H,2-3,6-7,16-18,20H2,1H3,(H,35,38)/t28-,31-/m1/s1. The molecule has 212 valence electrons. The van der Waals surface area contributed by atoms with Crippen LogP contribution in [-0.4, -0.2) is 42.2 Å². The van der Waals surface area contributed by atoms with Crippen molar-refractivity contribution in [2.75, 3.05) is 19.8 Å². The van der Waals surface area contributed by atoms with Crippen molar-refractivity contribution in [1.82, 2.24) is 5.32 Å². The summed E-state index contributed by atoms with van der Waals surface area (Å²) in [4.78, 5) is 19.2. The predicted molar refractivity (Wildman–Crippen MR) is 164 cm³/mol. The van der Waals surface area contributed by atoms with Crippen LogP contribution in [-0.2, 0) is 16.0 Å². The Hall–Kier alpha value is -2.58. The summed E-state index contributed by atoms with van der Waals surface area (Å²) in [5.41, 5.74) is 0.920. The summed E-state index contributed by atoms with van der Waals surface area (Å²) in [5, 5.41) is 13.0. The maximum Gasteiger partial charge on any atom is 0.252 e. The molecule has 0 saturated heterocycles. The lowest BCUT2D eigenvalue weighted by atomic mass is 9.82. The molecule has 2 atom stereocenters. The Labute approximate surface area is 253 Å². The Morgan fingerprint density at radius 2 is 1.88 bits per heavy atom. The number of amides is 1. The molecule has 4 rings (SSSR count). The van der Waals surface area contributed by atoms with E-state index in [-0.39, 0.29) is 18.9 Å². The summed E-state index contributed by atoms with van der Waals surface area (Å²) in [6.45, 7) is 3.14. The van der Waals surface area contributed by atoms with Crippen molar-refractivity contribution >= 4 is 50.9 Å². The van der Waals surface area contributed by atoms with Crippen LogP contribution in [0.1, 0.15) is 55.4 Å². The maximum absolute atomic E-state index is 14.2. The zero-order valence-corrected chi connectivity index (χ0v) is 25.4. The molecule has 0 saturated carbocycles. The van der Waals surface area contributed by atoms with Gasteiger partial charge in [-0.25, -0.2) is 4.99 Å². The molecule has 40 heavy (non-hydrogen) atoms. The first-order valence-corrected chi connectivity index (χ1v) is 15.0. The third-order valence-electron chi connectivity index (χ3n) is 6.76. The highest BCUT2D eigenvalue weighted by atomic mass is 79.9. The summed E-state index contributed by atoms with van der Waals surface area (Å²) < 4.78 is 13.1. The number of halogens is 3. The van der Waals surface area contributed by atoms with Crippen LogP contribution in [0.25, 0.3) is 0 Å². The Kier molecular flexibility index (Phi) is 10.9. The molecule has 1 heterocycles. The molecular formula is C31H33BrCl2N2O4. The average Bonchev–Trinajstić information content (AvgIpc) is 3.33. The lowest BCUT2D eigenvalue weighted by molar-refractivity contribution is -0.128. The third kappa shape index (κ3) is 7.19. The molecule has 1 aliphatic heterocycles. The number of rotatable bonds is 13. The number of benzene rings is 3. The number of unbranched alkanes of at least 4 members (excludes halogenated alkanes) is 2. The van der Waals surface area contributed by atoms with E-state index in [0.717, 1.165) is 29.3 Å². The van der Waals surface area contributed by atoms with Gasteiger partial charge in [0, 0.05) is 51.6 Å². The number of ether oxygens (including phenoxy) is 2. The first kappa shape index (κ1) is 30.4. The Morgan fingerprint density at radius 3 is 2.58 bits per heavy atom. The second kappa shape index (κ2) is 14.4. The molecule has 9 heteroatoms. The fraction of sp³-hybridized carbons (Fsp3) is 0.355. The number of aliphatic hydroxyl groups excluding tert-OH is 1. The molecule has 3 aromatic rings. The van der Waals surface area contributed by atoms with Crippen LogP contribution in [0.5, 0.6) is 5.75 Å². The van der Waals surface area contributed by atoms with Gasteiger partial charge in [0.2, 0.25) is 5.90 Å². The fourth-order valence-electron chi connectivity index (χ4n) is 4.64. The van der Waals surface area contributed by atoms with Crippen LogP contribution in [0, 0.1) is 0 Å². The molecular weight excluding hydrogens is 615 g/mol. The number of aliphatic imine (C=N–C) groups is 1. The number of nitrogens with zero attached hydrogens (tertiary/aromatic N) is 1. The van der Waals surface area contributed by atoms with E-state index in [9.17, 15) is 4.79 Å². The van der Waals surface area contributed by atoms with E-state index in [1.807, 2.05) is 48.5 Å². The van der Waals surface area contributed by atoms with Crippen molar-refractivity contribution in [3.05, 3.63) is 97.9 Å². The van der Waals surface area contributed by atoms with Crippen molar-refractivity contribution in [2.24, 2.45) is 4.99 Å². The van der Waals surface area contributed by atoms with Gasteiger partial charge in [0.05, 0.1) is 6.61 Å². The predicted octanol–water partition coefficient (Wildman–Crippen LogP) is 7.32. The van der Waals surface area contributed by atoms with Gasteiger partial charge in [-0.05, 0) is 54.4 Å². The average molecular weight is 648 g/mol. The minimum Gasteiger partial charge on any atom is -0.494 e. The molecule has 1 aliphatic rings. The third-order valence-corrected chi connectivity index (χ3v) is 8.09. The van der Waals surface area contributed by atoms with Crippen LogP contribution >= 0.6 is 39.1 Å². The highest BCUT2D eigenvalue weighted by molar-refractivity contribution is 9.10. The molecule has 6 nitrogen and oxygen atoms in total. The molecule has 0 radical (unpaired) electrons. The van der Waals surface area contributed by atoms with Crippen LogP contribution in [0.4, 0.5) is 0 Å². The molecule has 0 fully saturated rings. The van der Waals surface area contributed by atoms with Gasteiger partial charge >= 0.3 is 0 Å². The number of carbonyl (C=O) groups is 1. The van der Waals surface area contributed by atoms with Gasteiger partial charge in [-0.15, -0.1) is 0 Å². The normalized spacial score (nSPS) is 18.2. The summed E-state index contributed by atoms with van der Waals surface area (Å²) in [7, 11) is 0. The zero-order chi connectivity index (χ0) is 28.5. The quantitative estimate of drug-likeness (QED) is 0.191. The molecule has 3 aromatic carbocycles. The Balaban J connectivity index is 1.78. The van der Waals surface area contributed by atoms with Crippen molar-refractivity contribution in [2.45, 2.75) is 50.7 Å². The van der Waals surface area contributed by atoms with E-state index < -0.39 is 11.6 Å². The number of carbonyl (C=O) groups excluding carboxylic acids is 1. The van der Waals surface area contributed by atoms with E-state index in [2.05, 4.69) is 28.2 Å². The monoisotopic (exact) mass is 646 g/mol. The van der Waals surface area contributed by atoms with Gasteiger partial charge < -0.3 is 19.9 Å². The number of hydrogen-bond donors (Lipinski definition) is 2. The van der Waals surface area contributed by atoms with Gasteiger partial charge in [-0.1, -0.05) is 83.2 Å². The Bertz CT molecular complexity index is 1340. The van der Waals surface area contributed by atoms with Crippen LogP contribution in [0.3, 0.4) is 0 Å². The molecule has 1 amide bonds. The van der Waals surface area contributed by atoms with E-state index in [0.29, 0.717) is 52.4 Å². The summed E-state index contributed by atoms with van der Waals surface area (Å²) in [5.74, 6) is 0.782. The molecule has 0 unspecified atom stereocenters. The van der Waals surface area contributed by atoms with Gasteiger partial charge in [-0.3, -0.25) is 4.79 Å². The zero-order valence-electron chi connectivity index (χ0n) is 22.3. The summed E-state index contributed by atoms with van der Waals surface area (Å²) in [6, 6.07) is 20.3. The van der Waals surface area contributed by atoms with Gasteiger partial charge in [-0.2, -0.15) is 0 Å². The van der Waals surface area contributed by atoms with Crippen molar-refractivity contribution in [3.63, 3.8) is 0 Å². The van der Waals surface area contributed by atoms with E-state index in [1.165, 1.54) is 0 Å². The van der Waals surface area contributed by atoms with E-state index >= 15 is 0 Å². The van der Waals surface area contributed by atoms with Crippen molar-refractivity contribution in [3.8, 4) is 5.75 Å². The first-order valence-electron chi connectivity index (χ1n) is 13.4. The highest BCUT2D eigenvalue weighted by Gasteiger charge is 2.54. The SMILES string of the molecule is CCCCCNC(=O)[C@]1(Cc2ccccc2Br)N=C(c2ccc(OCCCO)cc2)O[C@@H]1c1ccc(Cl)cc1Cl. The second-order valence-corrected chi connectivity index (χ2v) is 11.4. The maximum atomic E-state index is 14.2. The van der Waals surface area contributed by atoms with Crippen LogP contribution < -0.4 is 10.1 Å². The van der Waals surface area contributed by atoms with Crippen molar-refractivity contribution < 1.29 is 19.4 Å². The molecule has 2 N–H and O–H groups in total. The molecule has 0 spiro atoms. The lowest BCUT2D eigenvalue weighted by Crippen LogP contribution is -2.50. The largest absolute Gasteiger partial charge is 0.494 e. The van der Waals surface area contributed by atoms with Gasteiger partial charge in [0.1, 0.15) is 5.75 Å². The Morgan fingerprint density at radius 1 is 1.10 bits per heavy atom. The summed E-state index contributed by atoms with van der Waals surface area (Å²) in [6.07, 6.45) is 2.96. The van der Waals surface area contributed by atoms with Gasteiger partial charge in [0.25, 0.3) is 5.91 Å². The van der Waals surface area contributed by atoms with E-state index in [1.54, 1.807) is 18.2 Å². The highest BCUT2D eigenvalue weighted by Crippen LogP contribution is 2.45. The van der Waals surface area contributed by atoms with Gasteiger partial charge in [0.15, 0.2) is 11.6 Å². The number of aliphatic hydroxyl groups is 1. The lowest BCUT2D eigenvalue weighted by Gasteiger charge is -2.31.